The van der Waals surface area contributed by atoms with Crippen molar-refractivity contribution >= 4 is 19.0 Å². The number of nitrogens with zero attached hydrogens (tertiary/aromatic N) is 1. The highest BCUT2D eigenvalue weighted by Gasteiger charge is 2.53. The molecule has 2 rings (SSSR count). The van der Waals surface area contributed by atoms with E-state index < -0.39 is 24.7 Å². The minimum absolute atomic E-state index is 0.0264. The predicted molar refractivity (Wildman–Crippen MR) is 82.7 cm³/mol. The number of hydrogen-bond acceptors (Lipinski definition) is 6. The Labute approximate surface area is 131 Å². The summed E-state index contributed by atoms with van der Waals surface area (Å²) in [4.78, 5) is 26.2. The average molecular weight is 311 g/mol. The zero-order valence-electron chi connectivity index (χ0n) is 13.6. The maximum atomic E-state index is 12.5. The first-order valence-corrected chi connectivity index (χ1v) is 7.94. The molecule has 2 saturated heterocycles. The van der Waals surface area contributed by atoms with Gasteiger partial charge in [-0.25, -0.2) is 0 Å². The molecule has 0 spiro atoms. The van der Waals surface area contributed by atoms with Gasteiger partial charge < -0.3 is 25.7 Å². The lowest BCUT2D eigenvalue weighted by atomic mass is 9.74. The molecule has 0 saturated carbocycles. The second-order valence-electron chi connectivity index (χ2n) is 6.70. The van der Waals surface area contributed by atoms with Gasteiger partial charge >= 0.3 is 13.1 Å². The predicted octanol–water partition coefficient (Wildman–Crippen LogP) is -0.260. The van der Waals surface area contributed by atoms with Gasteiger partial charge in [0.15, 0.2) is 0 Å². The van der Waals surface area contributed by atoms with Crippen molar-refractivity contribution in [1.82, 2.24) is 4.90 Å². The third kappa shape index (κ3) is 3.44. The average Bonchev–Trinajstić information content (AvgIpc) is 2.74. The second-order valence-corrected chi connectivity index (χ2v) is 6.70. The van der Waals surface area contributed by atoms with Gasteiger partial charge in [-0.05, 0) is 33.5 Å². The zero-order chi connectivity index (χ0) is 16.5. The molecular weight excluding hydrogens is 285 g/mol. The molecule has 2 aliphatic rings. The third-order valence-corrected chi connectivity index (χ3v) is 4.36. The van der Waals surface area contributed by atoms with Crippen molar-refractivity contribution in [3.63, 3.8) is 0 Å². The standard InChI is InChI=1S/C14H26BN3O4/c1-9(2)21-15-6-4-5-11-7-18(12(19)10(3)16)8-14(11,17)13(20)22-15/h9-11H,4-8,16-17H2,1-3H3/t10?,11?,14-/m0/s1. The maximum Gasteiger partial charge on any atom is 0.527 e. The van der Waals surface area contributed by atoms with Crippen LogP contribution in [-0.4, -0.2) is 54.7 Å². The Hall–Kier alpha value is -1.12. The summed E-state index contributed by atoms with van der Waals surface area (Å²) in [7, 11) is -0.563. The molecule has 0 aromatic heterocycles. The van der Waals surface area contributed by atoms with E-state index in [1.807, 2.05) is 13.8 Å². The minimum Gasteiger partial charge on any atom is -0.508 e. The quantitative estimate of drug-likeness (QED) is 0.695. The molecule has 0 aromatic rings. The summed E-state index contributed by atoms with van der Waals surface area (Å²) in [6, 6.07) is -0.596. The zero-order valence-corrected chi connectivity index (χ0v) is 13.6. The van der Waals surface area contributed by atoms with Crippen molar-refractivity contribution in [3.8, 4) is 0 Å². The number of likely N-dealkylation sites (tertiary alicyclic amines) is 1. The van der Waals surface area contributed by atoms with E-state index in [1.54, 1.807) is 11.8 Å². The second kappa shape index (κ2) is 6.56. The van der Waals surface area contributed by atoms with E-state index in [4.69, 9.17) is 20.8 Å². The summed E-state index contributed by atoms with van der Waals surface area (Å²) >= 11 is 0. The molecule has 22 heavy (non-hydrogen) atoms. The number of amides is 1. The van der Waals surface area contributed by atoms with E-state index in [9.17, 15) is 9.59 Å². The van der Waals surface area contributed by atoms with Crippen LogP contribution in [0.5, 0.6) is 0 Å². The molecule has 2 heterocycles. The van der Waals surface area contributed by atoms with Crippen molar-refractivity contribution < 1.29 is 18.9 Å². The highest BCUT2D eigenvalue weighted by atomic mass is 16.6. The van der Waals surface area contributed by atoms with Crippen LogP contribution in [0.3, 0.4) is 0 Å². The van der Waals surface area contributed by atoms with Crippen LogP contribution >= 0.6 is 0 Å². The molecule has 0 radical (unpaired) electrons. The van der Waals surface area contributed by atoms with Crippen LogP contribution in [-0.2, 0) is 18.9 Å². The Kier molecular flexibility index (Phi) is 5.14. The largest absolute Gasteiger partial charge is 0.527 e. The molecular formula is C14H26BN3O4. The normalized spacial score (nSPS) is 30.6. The summed E-state index contributed by atoms with van der Waals surface area (Å²) in [6.45, 7) is 6.04. The van der Waals surface area contributed by atoms with Crippen LogP contribution in [0.1, 0.15) is 33.6 Å². The van der Waals surface area contributed by atoms with Crippen LogP contribution in [0.4, 0.5) is 0 Å². The fourth-order valence-electron chi connectivity index (χ4n) is 3.19. The molecule has 4 N–H and O–H groups in total. The number of rotatable bonds is 3. The molecule has 1 amide bonds. The third-order valence-electron chi connectivity index (χ3n) is 4.36. The Bertz CT molecular complexity index is 446. The van der Waals surface area contributed by atoms with Crippen LogP contribution in [0.15, 0.2) is 0 Å². The Morgan fingerprint density at radius 3 is 2.77 bits per heavy atom. The van der Waals surface area contributed by atoms with Crippen LogP contribution in [0, 0.1) is 5.92 Å². The lowest BCUT2D eigenvalue weighted by molar-refractivity contribution is -0.144. The first-order valence-electron chi connectivity index (χ1n) is 7.94. The number of fused-ring (bicyclic) bond motifs is 1. The smallest absolute Gasteiger partial charge is 0.508 e. The Morgan fingerprint density at radius 2 is 2.18 bits per heavy atom. The van der Waals surface area contributed by atoms with Gasteiger partial charge in [0.2, 0.25) is 5.91 Å². The fraction of sp³-hybridized carbons (Fsp3) is 0.857. The van der Waals surface area contributed by atoms with Gasteiger partial charge in [-0.1, -0.05) is 6.42 Å². The highest BCUT2D eigenvalue weighted by molar-refractivity contribution is 6.47. The number of nitrogens with two attached hydrogens (primary N) is 2. The fourth-order valence-corrected chi connectivity index (χ4v) is 3.19. The van der Waals surface area contributed by atoms with Crippen molar-refractivity contribution in [1.29, 1.82) is 0 Å². The van der Waals surface area contributed by atoms with Gasteiger partial charge in [0.1, 0.15) is 5.54 Å². The molecule has 2 aliphatic heterocycles. The maximum absolute atomic E-state index is 12.5. The van der Waals surface area contributed by atoms with Crippen LogP contribution < -0.4 is 11.5 Å². The van der Waals surface area contributed by atoms with Gasteiger partial charge in [0.25, 0.3) is 0 Å². The van der Waals surface area contributed by atoms with Crippen molar-refractivity contribution in [2.75, 3.05) is 13.1 Å². The first-order chi connectivity index (χ1) is 10.2. The summed E-state index contributed by atoms with van der Waals surface area (Å²) < 4.78 is 11.1. The first kappa shape index (κ1) is 17.2. The van der Waals surface area contributed by atoms with Gasteiger partial charge in [-0.2, -0.15) is 0 Å². The lowest BCUT2D eigenvalue weighted by Crippen LogP contribution is -2.58. The molecule has 7 nitrogen and oxygen atoms in total. The van der Waals surface area contributed by atoms with Gasteiger partial charge in [0, 0.05) is 25.1 Å². The lowest BCUT2D eigenvalue weighted by Gasteiger charge is -2.32. The highest BCUT2D eigenvalue weighted by Crippen LogP contribution is 2.34. The van der Waals surface area contributed by atoms with Gasteiger partial charge in [-0.3, -0.25) is 9.59 Å². The topological polar surface area (TPSA) is 108 Å². The molecule has 3 atom stereocenters. The van der Waals surface area contributed by atoms with E-state index in [2.05, 4.69) is 0 Å². The molecule has 124 valence electrons. The van der Waals surface area contributed by atoms with E-state index in [0.717, 1.165) is 12.8 Å². The molecule has 8 heteroatoms. The van der Waals surface area contributed by atoms with E-state index >= 15 is 0 Å². The monoisotopic (exact) mass is 311 g/mol. The Balaban J connectivity index is 2.12. The molecule has 2 fully saturated rings. The van der Waals surface area contributed by atoms with Gasteiger partial charge in [0.05, 0.1) is 6.04 Å². The van der Waals surface area contributed by atoms with Crippen molar-refractivity contribution in [2.24, 2.45) is 17.4 Å². The van der Waals surface area contributed by atoms with Gasteiger partial charge in [-0.15, -0.1) is 0 Å². The molecule has 0 aliphatic carbocycles. The number of carbonyl (C=O) groups is 2. The van der Waals surface area contributed by atoms with Crippen molar-refractivity contribution in [3.05, 3.63) is 0 Å². The SMILES string of the molecule is CC(C)OB1CCCC2CN(C(=O)C(C)N)C[C@@]2(N)C(=O)O1. The van der Waals surface area contributed by atoms with Crippen molar-refractivity contribution in [2.45, 2.75) is 57.6 Å². The van der Waals surface area contributed by atoms with Crippen LogP contribution in [0.25, 0.3) is 0 Å². The van der Waals surface area contributed by atoms with Crippen LogP contribution in [0.2, 0.25) is 6.32 Å². The summed E-state index contributed by atoms with van der Waals surface area (Å²) in [5, 5.41) is 0. The molecule has 2 unspecified atom stereocenters. The minimum atomic E-state index is -1.16. The summed E-state index contributed by atoms with van der Waals surface area (Å²) in [6.07, 6.45) is 2.24. The van der Waals surface area contributed by atoms with E-state index in [-0.39, 0.29) is 24.5 Å². The molecule has 0 bridgehead atoms. The number of carbonyl (C=O) groups excluding carboxylic acids is 2. The number of hydrogen-bond donors (Lipinski definition) is 2. The summed E-state index contributed by atoms with van der Waals surface area (Å²) in [5.74, 6) is -0.759. The summed E-state index contributed by atoms with van der Waals surface area (Å²) in [5.41, 5.74) is 10.8. The van der Waals surface area contributed by atoms with E-state index in [1.165, 1.54) is 0 Å². The Morgan fingerprint density at radius 1 is 1.50 bits per heavy atom. The molecule has 0 aromatic carbocycles. The van der Waals surface area contributed by atoms with E-state index in [0.29, 0.717) is 12.9 Å².